The first kappa shape index (κ1) is 16.2. The summed E-state index contributed by atoms with van der Waals surface area (Å²) >= 11 is 3.74. The molecule has 0 saturated heterocycles. The molecule has 0 spiro atoms. The van der Waals surface area contributed by atoms with Gasteiger partial charge in [0.15, 0.2) is 0 Å². The molecular formula is C16H20NPSe2+. The van der Waals surface area contributed by atoms with Crippen LogP contribution in [-0.2, 0) is 12.8 Å². The molecule has 0 aliphatic heterocycles. The number of nitrogens with two attached hydrogens (primary N) is 1. The fraction of sp³-hybridized carbons (Fsp3) is 0.250. The van der Waals surface area contributed by atoms with Crippen LogP contribution in [0, 0.1) is 0 Å². The zero-order chi connectivity index (χ0) is 14.3. The Morgan fingerprint density at radius 2 is 1.20 bits per heavy atom. The zero-order valence-electron chi connectivity index (χ0n) is 11.4. The Morgan fingerprint density at radius 3 is 1.55 bits per heavy atom. The molecule has 2 rings (SSSR count). The van der Waals surface area contributed by atoms with Crippen LogP contribution in [0.1, 0.15) is 11.1 Å². The average molecular weight is 415 g/mol. The molecule has 0 amide bonds. The topological polar surface area (TPSA) is 26.0 Å². The first-order valence-electron chi connectivity index (χ1n) is 6.76. The quantitative estimate of drug-likeness (QED) is 0.546. The van der Waals surface area contributed by atoms with Crippen molar-refractivity contribution in [2.24, 2.45) is 4.75 Å². The van der Waals surface area contributed by atoms with Gasteiger partial charge in [0, 0.05) is 0 Å². The van der Waals surface area contributed by atoms with E-state index in [0.29, 0.717) is 0 Å². The van der Waals surface area contributed by atoms with Crippen LogP contribution >= 0.6 is 4.64 Å². The third-order valence-corrected chi connectivity index (χ3v) is 15.4. The molecule has 1 nitrogen and oxygen atoms in total. The molecule has 0 aliphatic carbocycles. The van der Waals surface area contributed by atoms with Crippen LogP contribution in [0.25, 0.3) is 0 Å². The van der Waals surface area contributed by atoms with Crippen molar-refractivity contribution in [2.45, 2.75) is 12.8 Å². The summed E-state index contributed by atoms with van der Waals surface area (Å²) in [5.41, 5.74) is 2.85. The molecule has 2 N–H and O–H groups in total. The Bertz CT molecular complexity index is 461. The molecule has 0 aromatic heterocycles. The van der Waals surface area contributed by atoms with E-state index >= 15 is 0 Å². The summed E-state index contributed by atoms with van der Waals surface area (Å²) in [5, 5.41) is 0. The molecule has 0 bridgehead atoms. The van der Waals surface area contributed by atoms with Crippen molar-refractivity contribution >= 4 is 34.9 Å². The van der Waals surface area contributed by atoms with E-state index in [4.69, 9.17) is 4.75 Å². The number of hydrogen-bond donors (Lipinski definition) is 1. The molecule has 0 unspecified atom stereocenters. The van der Waals surface area contributed by atoms with Gasteiger partial charge in [0.2, 0.25) is 0 Å². The van der Waals surface area contributed by atoms with Gasteiger partial charge in [0.1, 0.15) is 0 Å². The van der Waals surface area contributed by atoms with Crippen molar-refractivity contribution in [1.82, 2.24) is 0 Å². The first-order chi connectivity index (χ1) is 9.72. The van der Waals surface area contributed by atoms with Crippen molar-refractivity contribution in [2.75, 3.05) is 12.3 Å². The van der Waals surface area contributed by atoms with Crippen LogP contribution in [0.3, 0.4) is 0 Å². The van der Waals surface area contributed by atoms with Gasteiger partial charge in [-0.1, -0.05) is 0 Å². The maximum absolute atomic E-state index is 6.12. The molecule has 20 heavy (non-hydrogen) atoms. The van der Waals surface area contributed by atoms with Crippen molar-refractivity contribution < 1.29 is 0 Å². The third-order valence-electron chi connectivity index (χ3n) is 3.36. The summed E-state index contributed by atoms with van der Waals surface area (Å²) in [6.45, 7) is 0. The van der Waals surface area contributed by atoms with Crippen LogP contribution in [0.2, 0.25) is 0 Å². The van der Waals surface area contributed by atoms with E-state index in [2.05, 4.69) is 76.2 Å². The average Bonchev–Trinajstić information content (AvgIpc) is 2.53. The fourth-order valence-electron chi connectivity index (χ4n) is 2.11. The number of aryl methyl sites for hydroxylation is 2. The van der Waals surface area contributed by atoms with E-state index in [1.807, 2.05) is 0 Å². The van der Waals surface area contributed by atoms with Gasteiger partial charge in [-0.15, -0.1) is 0 Å². The van der Waals surface area contributed by atoms with Gasteiger partial charge in [0.05, 0.1) is 0 Å². The standard InChI is InChI=1S/C16H20NPSe2/c17-20-18(19,13-11-15-7-3-1-4-8-15)14-12-16-9-5-2-6-10-16/h1-10H,11-14,17H2/q+1. The SMILES string of the molecule is N[Se][P+]([Se])(CCc1ccccc1)CCc1ccccc1. The van der Waals surface area contributed by atoms with Crippen molar-refractivity contribution in [3.05, 3.63) is 71.8 Å². The number of rotatable bonds is 7. The van der Waals surface area contributed by atoms with Crippen LogP contribution in [0.15, 0.2) is 60.7 Å². The van der Waals surface area contributed by atoms with Crippen LogP contribution in [0.5, 0.6) is 0 Å². The van der Waals surface area contributed by atoms with Gasteiger partial charge in [-0.05, 0) is 0 Å². The molecule has 2 aromatic carbocycles. The predicted molar refractivity (Wildman–Crippen MR) is 92.6 cm³/mol. The molecule has 1 radical (unpaired) electrons. The normalized spacial score (nSPS) is 11.5. The molecule has 0 aliphatic rings. The third kappa shape index (κ3) is 5.34. The van der Waals surface area contributed by atoms with E-state index in [0.717, 1.165) is 12.8 Å². The monoisotopic (exact) mass is 417 g/mol. The second-order valence-electron chi connectivity index (χ2n) is 4.84. The Morgan fingerprint density at radius 1 is 0.800 bits per heavy atom. The number of hydrogen-bond acceptors (Lipinski definition) is 1. The summed E-state index contributed by atoms with van der Waals surface area (Å²) in [6, 6.07) is 21.5. The summed E-state index contributed by atoms with van der Waals surface area (Å²) in [4.78, 5) is 0. The van der Waals surface area contributed by atoms with Gasteiger partial charge < -0.3 is 0 Å². The predicted octanol–water partition coefficient (Wildman–Crippen LogP) is 3.07. The fourth-order valence-corrected chi connectivity index (χ4v) is 7.36. The van der Waals surface area contributed by atoms with E-state index in [1.165, 1.54) is 23.5 Å². The minimum absolute atomic E-state index is 0.247. The molecule has 105 valence electrons. The minimum atomic E-state index is -1.07. The second-order valence-corrected chi connectivity index (χ2v) is 21.2. The van der Waals surface area contributed by atoms with E-state index < -0.39 is 4.64 Å². The summed E-state index contributed by atoms with van der Waals surface area (Å²) in [6.07, 6.45) is 4.77. The zero-order valence-corrected chi connectivity index (χ0v) is 15.8. The van der Waals surface area contributed by atoms with Crippen LogP contribution in [0.4, 0.5) is 0 Å². The molecule has 4 heteroatoms. The Hall–Kier alpha value is -0.131. The van der Waals surface area contributed by atoms with Gasteiger partial charge in [0.25, 0.3) is 0 Å². The van der Waals surface area contributed by atoms with Crippen LogP contribution in [-0.4, -0.2) is 42.6 Å². The first-order valence-corrected chi connectivity index (χ1v) is 14.3. The van der Waals surface area contributed by atoms with Crippen molar-refractivity contribution in [3.63, 3.8) is 0 Å². The molecule has 0 heterocycles. The van der Waals surface area contributed by atoms with Gasteiger partial charge >= 0.3 is 137 Å². The van der Waals surface area contributed by atoms with Crippen molar-refractivity contribution in [1.29, 1.82) is 0 Å². The summed E-state index contributed by atoms with van der Waals surface area (Å²) in [5.74, 6) is 0. The molecular weight excluding hydrogens is 395 g/mol. The molecule has 0 saturated carbocycles. The van der Waals surface area contributed by atoms with Crippen molar-refractivity contribution in [3.8, 4) is 0 Å². The van der Waals surface area contributed by atoms with E-state index in [9.17, 15) is 0 Å². The maximum atomic E-state index is 6.12. The Labute approximate surface area is 136 Å². The molecule has 0 atom stereocenters. The van der Waals surface area contributed by atoms with E-state index in [1.54, 1.807) is 0 Å². The molecule has 0 fully saturated rings. The van der Waals surface area contributed by atoms with Gasteiger partial charge in [-0.2, -0.15) is 0 Å². The summed E-state index contributed by atoms with van der Waals surface area (Å²) in [7, 11) is 0. The van der Waals surface area contributed by atoms with E-state index in [-0.39, 0.29) is 14.7 Å². The van der Waals surface area contributed by atoms with Crippen LogP contribution < -0.4 is 4.75 Å². The number of benzene rings is 2. The summed E-state index contributed by atoms with van der Waals surface area (Å²) < 4.78 is 5.05. The molecule has 2 aromatic rings. The van der Waals surface area contributed by atoms with Gasteiger partial charge in [-0.25, -0.2) is 0 Å². The Kier molecular flexibility index (Phi) is 6.78. The Balaban J connectivity index is 1.88. The second kappa shape index (κ2) is 8.35. The van der Waals surface area contributed by atoms with Gasteiger partial charge in [-0.3, -0.25) is 0 Å².